The minimum Gasteiger partial charge on any atom is -0.388 e. The van der Waals surface area contributed by atoms with Gasteiger partial charge >= 0.3 is 0 Å². The predicted octanol–water partition coefficient (Wildman–Crippen LogP) is 1.40. The minimum absolute atomic E-state index is 0.314. The summed E-state index contributed by atoms with van der Waals surface area (Å²) in [7, 11) is 1.85. The van der Waals surface area contributed by atoms with E-state index in [-0.39, 0.29) is 5.82 Å². The van der Waals surface area contributed by atoms with Crippen molar-refractivity contribution in [3.05, 3.63) is 47.3 Å². The number of likely N-dealkylation sites (tertiary alicyclic amines) is 1. The van der Waals surface area contributed by atoms with E-state index in [1.54, 1.807) is 23.0 Å². The zero-order valence-corrected chi connectivity index (χ0v) is 13.6. The van der Waals surface area contributed by atoms with Crippen LogP contribution in [0.4, 0.5) is 4.39 Å². The number of rotatable bonds is 4. The van der Waals surface area contributed by atoms with E-state index >= 15 is 0 Å². The van der Waals surface area contributed by atoms with E-state index in [4.69, 9.17) is 5.26 Å². The number of nitriles is 1. The molecule has 1 aliphatic rings. The second-order valence-corrected chi connectivity index (χ2v) is 6.49. The quantitative estimate of drug-likeness (QED) is 0.917. The molecule has 1 aliphatic heterocycles. The molecule has 1 atom stereocenters. The summed E-state index contributed by atoms with van der Waals surface area (Å²) in [6, 6.07) is 6.45. The highest BCUT2D eigenvalue weighted by Crippen LogP contribution is 2.26. The van der Waals surface area contributed by atoms with Gasteiger partial charge in [-0.2, -0.15) is 5.26 Å². The number of β-amino-alcohol motifs (C(OH)–C–C–N with tert-alkyl or cyclic N) is 1. The number of piperidine rings is 1. The summed E-state index contributed by atoms with van der Waals surface area (Å²) in [5, 5.41) is 27.6. The Balaban J connectivity index is 1.69. The first-order valence-electron chi connectivity index (χ1n) is 7.95. The fourth-order valence-corrected chi connectivity index (χ4v) is 3.23. The molecular weight excluding hydrogens is 309 g/mol. The average Bonchev–Trinajstić information content (AvgIpc) is 2.94. The zero-order chi connectivity index (χ0) is 17.2. The molecule has 1 saturated heterocycles. The normalized spacial score (nSPS) is 21.6. The van der Waals surface area contributed by atoms with Crippen LogP contribution in [-0.2, 0) is 20.0 Å². The van der Waals surface area contributed by atoms with Gasteiger partial charge in [0, 0.05) is 32.1 Å². The number of aliphatic hydroxyl groups is 1. The zero-order valence-electron chi connectivity index (χ0n) is 13.6. The third-order valence-corrected chi connectivity index (χ3v) is 4.50. The molecule has 0 aliphatic carbocycles. The topological polar surface area (TPSA) is 78.0 Å². The number of hydrogen-bond acceptors (Lipinski definition) is 5. The summed E-state index contributed by atoms with van der Waals surface area (Å²) in [5.74, 6) is 0.361. The van der Waals surface area contributed by atoms with Crippen LogP contribution in [0.1, 0.15) is 29.8 Å². The Morgan fingerprint density at radius 1 is 1.46 bits per heavy atom. The van der Waals surface area contributed by atoms with Crippen molar-refractivity contribution in [1.29, 1.82) is 5.26 Å². The third kappa shape index (κ3) is 3.61. The van der Waals surface area contributed by atoms with Gasteiger partial charge in [0.05, 0.1) is 17.2 Å². The smallest absolute Gasteiger partial charge is 0.135 e. The van der Waals surface area contributed by atoms with Crippen LogP contribution in [0.15, 0.2) is 24.5 Å². The van der Waals surface area contributed by atoms with E-state index in [0.29, 0.717) is 37.1 Å². The number of benzene rings is 1. The molecule has 6 nitrogen and oxygen atoms in total. The summed E-state index contributed by atoms with van der Waals surface area (Å²) in [5.41, 5.74) is -0.0344. The average molecular weight is 329 g/mol. The molecule has 0 radical (unpaired) electrons. The van der Waals surface area contributed by atoms with Gasteiger partial charge in [-0.3, -0.25) is 4.90 Å². The number of nitrogens with zero attached hydrogens (tertiary/aromatic N) is 5. The lowest BCUT2D eigenvalue weighted by molar-refractivity contribution is -0.0347. The van der Waals surface area contributed by atoms with E-state index in [1.165, 1.54) is 6.07 Å². The van der Waals surface area contributed by atoms with Gasteiger partial charge < -0.3 is 9.67 Å². The standard InChI is InChI=1S/C17H20FN5O/c1-22-12-20-21-16(22)8-17(24)5-2-6-23(11-17)10-14-4-3-13(9-19)7-15(14)18/h3-4,7,12,24H,2,5-6,8,10-11H2,1H3. The summed E-state index contributed by atoms with van der Waals surface area (Å²) in [6.45, 7) is 1.68. The first kappa shape index (κ1) is 16.6. The number of hydrogen-bond donors (Lipinski definition) is 1. The van der Waals surface area contributed by atoms with Crippen LogP contribution in [0.3, 0.4) is 0 Å². The van der Waals surface area contributed by atoms with E-state index in [0.717, 1.165) is 18.8 Å². The van der Waals surface area contributed by atoms with E-state index in [1.807, 2.05) is 18.0 Å². The molecule has 0 saturated carbocycles. The molecule has 24 heavy (non-hydrogen) atoms. The van der Waals surface area contributed by atoms with Crippen molar-refractivity contribution in [3.63, 3.8) is 0 Å². The van der Waals surface area contributed by atoms with Crippen LogP contribution in [0.2, 0.25) is 0 Å². The molecule has 1 aromatic heterocycles. The van der Waals surface area contributed by atoms with E-state index in [2.05, 4.69) is 10.2 Å². The summed E-state index contributed by atoms with van der Waals surface area (Å²) < 4.78 is 15.9. The van der Waals surface area contributed by atoms with Gasteiger partial charge in [-0.05, 0) is 31.5 Å². The van der Waals surface area contributed by atoms with Crippen molar-refractivity contribution < 1.29 is 9.50 Å². The molecule has 0 amide bonds. The molecule has 0 spiro atoms. The van der Waals surface area contributed by atoms with Gasteiger partial charge in [-0.1, -0.05) is 6.07 Å². The molecule has 126 valence electrons. The monoisotopic (exact) mass is 329 g/mol. The minimum atomic E-state index is -0.887. The number of aryl methyl sites for hydroxylation is 1. The first-order chi connectivity index (χ1) is 11.5. The third-order valence-electron chi connectivity index (χ3n) is 4.50. The first-order valence-corrected chi connectivity index (χ1v) is 7.95. The highest BCUT2D eigenvalue weighted by molar-refractivity contribution is 5.32. The Morgan fingerprint density at radius 2 is 2.29 bits per heavy atom. The molecule has 1 unspecified atom stereocenters. The summed E-state index contributed by atoms with van der Waals surface area (Å²) in [4.78, 5) is 2.05. The molecule has 1 N–H and O–H groups in total. The lowest BCUT2D eigenvalue weighted by atomic mass is 9.89. The van der Waals surface area contributed by atoms with Gasteiger partial charge in [-0.25, -0.2) is 4.39 Å². The Morgan fingerprint density at radius 3 is 2.96 bits per heavy atom. The molecule has 2 aromatic rings. The van der Waals surface area contributed by atoms with Crippen LogP contribution in [0, 0.1) is 17.1 Å². The van der Waals surface area contributed by atoms with Crippen molar-refractivity contribution in [2.24, 2.45) is 7.05 Å². The van der Waals surface area contributed by atoms with Crippen LogP contribution in [0.5, 0.6) is 0 Å². The molecular formula is C17H20FN5O. The Kier molecular flexibility index (Phi) is 4.60. The molecule has 2 heterocycles. The highest BCUT2D eigenvalue weighted by Gasteiger charge is 2.34. The maximum absolute atomic E-state index is 14.1. The maximum atomic E-state index is 14.1. The Hall–Kier alpha value is -2.30. The lowest BCUT2D eigenvalue weighted by Crippen LogP contribution is -2.49. The lowest BCUT2D eigenvalue weighted by Gasteiger charge is -2.39. The van der Waals surface area contributed by atoms with E-state index < -0.39 is 5.60 Å². The van der Waals surface area contributed by atoms with Crippen molar-refractivity contribution in [3.8, 4) is 6.07 Å². The molecule has 0 bridgehead atoms. The number of aromatic nitrogens is 3. The summed E-state index contributed by atoms with van der Waals surface area (Å²) in [6.07, 6.45) is 3.57. The summed E-state index contributed by atoms with van der Waals surface area (Å²) >= 11 is 0. The van der Waals surface area contributed by atoms with Gasteiger partial charge in [0.1, 0.15) is 18.0 Å². The van der Waals surface area contributed by atoms with Crippen LogP contribution in [0.25, 0.3) is 0 Å². The van der Waals surface area contributed by atoms with Crippen molar-refractivity contribution in [2.45, 2.75) is 31.4 Å². The number of halogens is 1. The Bertz CT molecular complexity index is 769. The fourth-order valence-electron chi connectivity index (χ4n) is 3.23. The maximum Gasteiger partial charge on any atom is 0.135 e. The van der Waals surface area contributed by atoms with Crippen LogP contribution in [-0.4, -0.2) is 43.5 Å². The second kappa shape index (κ2) is 6.67. The second-order valence-electron chi connectivity index (χ2n) is 6.49. The van der Waals surface area contributed by atoms with Crippen LogP contribution >= 0.6 is 0 Å². The van der Waals surface area contributed by atoms with Gasteiger partial charge in [0.25, 0.3) is 0 Å². The van der Waals surface area contributed by atoms with Gasteiger partial charge in [0.15, 0.2) is 0 Å². The largest absolute Gasteiger partial charge is 0.388 e. The van der Waals surface area contributed by atoms with Gasteiger partial charge in [0.2, 0.25) is 0 Å². The predicted molar refractivity (Wildman–Crippen MR) is 85.3 cm³/mol. The van der Waals surface area contributed by atoms with Crippen molar-refractivity contribution in [1.82, 2.24) is 19.7 Å². The highest BCUT2D eigenvalue weighted by atomic mass is 19.1. The molecule has 3 rings (SSSR count). The van der Waals surface area contributed by atoms with Crippen molar-refractivity contribution in [2.75, 3.05) is 13.1 Å². The molecule has 7 heteroatoms. The van der Waals surface area contributed by atoms with Crippen molar-refractivity contribution >= 4 is 0 Å². The molecule has 1 fully saturated rings. The Labute approximate surface area is 140 Å². The van der Waals surface area contributed by atoms with Crippen LogP contribution < -0.4 is 0 Å². The SMILES string of the molecule is Cn1cnnc1CC1(O)CCCN(Cc2ccc(C#N)cc2F)C1. The van der Waals surface area contributed by atoms with Gasteiger partial charge in [-0.15, -0.1) is 10.2 Å². The fraction of sp³-hybridized carbons (Fsp3) is 0.471. The van der Waals surface area contributed by atoms with E-state index in [9.17, 15) is 9.50 Å². The molecule has 1 aromatic carbocycles.